The molecule has 1 saturated heterocycles. The molecule has 5 rings (SSSR count). The number of nitrogens with one attached hydrogen (secondary N) is 1. The fraction of sp³-hybridized carbons (Fsp3) is 0.389. The molecule has 11 heteroatoms. The molecule has 11 nitrogen and oxygen atoms in total. The Bertz CT molecular complexity index is 1120. The molecule has 1 atom stereocenters. The minimum Gasteiger partial charge on any atom is -0.461 e. The molecule has 4 aromatic rings. The van der Waals surface area contributed by atoms with Gasteiger partial charge in [0.15, 0.2) is 5.76 Å². The highest BCUT2D eigenvalue weighted by molar-refractivity contribution is 5.52. The van der Waals surface area contributed by atoms with Crippen molar-refractivity contribution >= 4 is 17.7 Å². The Kier molecular flexibility index (Phi) is 4.35. The smallest absolute Gasteiger partial charge is 0.259 e. The van der Waals surface area contributed by atoms with Crippen LogP contribution < -0.4 is 11.1 Å². The van der Waals surface area contributed by atoms with Gasteiger partial charge in [-0.15, -0.1) is 5.10 Å². The SMILES string of the molecule is Cc1cc(CN2CCC[C@@H]2CNc2nc(N)n3nc(-c4ccco4)nc3n2)no1. The van der Waals surface area contributed by atoms with Gasteiger partial charge < -0.3 is 20.0 Å². The number of nitrogen functional groups attached to an aromatic ring is 1. The molecule has 4 aromatic heterocycles. The maximum atomic E-state index is 6.05. The van der Waals surface area contributed by atoms with Gasteiger partial charge in [-0.3, -0.25) is 4.90 Å². The van der Waals surface area contributed by atoms with Crippen molar-refractivity contribution in [3.8, 4) is 11.6 Å². The summed E-state index contributed by atoms with van der Waals surface area (Å²) in [5, 5.41) is 11.7. The number of rotatable bonds is 6. The van der Waals surface area contributed by atoms with Crippen molar-refractivity contribution in [2.75, 3.05) is 24.1 Å². The van der Waals surface area contributed by atoms with E-state index < -0.39 is 0 Å². The molecule has 0 saturated carbocycles. The number of likely N-dealkylation sites (tertiary alicyclic amines) is 1. The summed E-state index contributed by atoms with van der Waals surface area (Å²) in [6.45, 7) is 4.39. The van der Waals surface area contributed by atoms with E-state index in [2.05, 4.69) is 35.4 Å². The van der Waals surface area contributed by atoms with E-state index in [4.69, 9.17) is 14.7 Å². The number of fused-ring (bicyclic) bond motifs is 1. The molecule has 0 unspecified atom stereocenters. The molecule has 0 aromatic carbocycles. The lowest BCUT2D eigenvalue weighted by Gasteiger charge is -2.23. The van der Waals surface area contributed by atoms with Crippen molar-refractivity contribution in [1.82, 2.24) is 34.6 Å². The van der Waals surface area contributed by atoms with Crippen molar-refractivity contribution in [1.29, 1.82) is 0 Å². The first-order chi connectivity index (χ1) is 14.2. The lowest BCUT2D eigenvalue weighted by Crippen LogP contribution is -2.35. The fourth-order valence-electron chi connectivity index (χ4n) is 3.64. The third-order valence-electron chi connectivity index (χ3n) is 5.01. The summed E-state index contributed by atoms with van der Waals surface area (Å²) >= 11 is 0. The Hall–Kier alpha value is -3.47. The Morgan fingerprint density at radius 1 is 1.31 bits per heavy atom. The summed E-state index contributed by atoms with van der Waals surface area (Å²) in [4.78, 5) is 15.5. The van der Waals surface area contributed by atoms with Crippen LogP contribution in [0.5, 0.6) is 0 Å². The molecule has 29 heavy (non-hydrogen) atoms. The number of furan rings is 1. The molecule has 1 aliphatic rings. The maximum Gasteiger partial charge on any atom is 0.259 e. The Morgan fingerprint density at radius 3 is 3.03 bits per heavy atom. The quantitative estimate of drug-likeness (QED) is 0.496. The van der Waals surface area contributed by atoms with Gasteiger partial charge in [-0.2, -0.15) is 19.5 Å². The minimum absolute atomic E-state index is 0.212. The van der Waals surface area contributed by atoms with E-state index in [9.17, 15) is 0 Å². The second-order valence-corrected chi connectivity index (χ2v) is 7.11. The lowest BCUT2D eigenvalue weighted by molar-refractivity contribution is 0.245. The standard InChI is InChI=1S/C18H21N9O2/c1-11-8-12(25-29-11)10-26-6-2-4-13(26)9-20-17-22-16(19)27-18(23-17)21-15(24-27)14-5-3-7-28-14/h3,5,7-8,13H,2,4,6,9-10H2,1H3,(H3,19,20,21,22,23,24)/t13-/m1/s1. The number of aromatic nitrogens is 6. The molecular weight excluding hydrogens is 374 g/mol. The van der Waals surface area contributed by atoms with Crippen LogP contribution in [-0.4, -0.2) is 53.8 Å². The topological polar surface area (TPSA) is 136 Å². The normalized spacial score (nSPS) is 17.3. The van der Waals surface area contributed by atoms with Crippen LogP contribution >= 0.6 is 0 Å². The van der Waals surface area contributed by atoms with E-state index in [0.717, 1.165) is 37.4 Å². The van der Waals surface area contributed by atoms with Crippen LogP contribution in [0.4, 0.5) is 11.9 Å². The van der Waals surface area contributed by atoms with Crippen molar-refractivity contribution in [2.45, 2.75) is 32.4 Å². The molecule has 0 bridgehead atoms. The third-order valence-corrected chi connectivity index (χ3v) is 5.01. The largest absolute Gasteiger partial charge is 0.461 e. The maximum absolute atomic E-state index is 6.05. The first kappa shape index (κ1) is 17.6. The summed E-state index contributed by atoms with van der Waals surface area (Å²) in [5.41, 5.74) is 7.00. The summed E-state index contributed by atoms with van der Waals surface area (Å²) in [7, 11) is 0. The average molecular weight is 395 g/mol. The zero-order valence-corrected chi connectivity index (χ0v) is 15.9. The van der Waals surface area contributed by atoms with Crippen molar-refractivity contribution in [2.24, 2.45) is 0 Å². The van der Waals surface area contributed by atoms with E-state index in [1.807, 2.05) is 13.0 Å². The zero-order valence-electron chi connectivity index (χ0n) is 15.9. The number of nitrogens with zero attached hydrogens (tertiary/aromatic N) is 7. The lowest BCUT2D eigenvalue weighted by atomic mass is 10.2. The molecule has 0 spiro atoms. The predicted molar refractivity (Wildman–Crippen MR) is 104 cm³/mol. The monoisotopic (exact) mass is 395 g/mol. The molecular formula is C18H21N9O2. The Morgan fingerprint density at radius 2 is 2.24 bits per heavy atom. The van der Waals surface area contributed by atoms with Gasteiger partial charge >= 0.3 is 0 Å². The van der Waals surface area contributed by atoms with Crippen LogP contribution in [0.2, 0.25) is 0 Å². The first-order valence-corrected chi connectivity index (χ1v) is 9.50. The highest BCUT2D eigenvalue weighted by atomic mass is 16.5. The van der Waals surface area contributed by atoms with Gasteiger partial charge in [0, 0.05) is 25.2 Å². The summed E-state index contributed by atoms with van der Waals surface area (Å²) < 4.78 is 11.9. The highest BCUT2D eigenvalue weighted by Crippen LogP contribution is 2.21. The number of anilines is 2. The molecule has 5 heterocycles. The minimum atomic E-state index is 0.212. The van der Waals surface area contributed by atoms with Crippen LogP contribution in [-0.2, 0) is 6.54 Å². The molecule has 3 N–H and O–H groups in total. The predicted octanol–water partition coefficient (Wildman–Crippen LogP) is 1.73. The second-order valence-electron chi connectivity index (χ2n) is 7.11. The van der Waals surface area contributed by atoms with E-state index in [1.54, 1.807) is 18.4 Å². The number of hydrogen-bond donors (Lipinski definition) is 2. The molecule has 150 valence electrons. The van der Waals surface area contributed by atoms with E-state index in [-0.39, 0.29) is 5.95 Å². The Labute approximate surface area is 165 Å². The van der Waals surface area contributed by atoms with Crippen LogP contribution in [0, 0.1) is 6.92 Å². The van der Waals surface area contributed by atoms with Crippen molar-refractivity contribution < 1.29 is 8.94 Å². The average Bonchev–Trinajstić information content (AvgIpc) is 3.48. The van der Waals surface area contributed by atoms with Gasteiger partial charge in [0.05, 0.1) is 12.0 Å². The van der Waals surface area contributed by atoms with Crippen molar-refractivity contribution in [3.63, 3.8) is 0 Å². The summed E-state index contributed by atoms with van der Waals surface area (Å²) in [6.07, 6.45) is 3.80. The summed E-state index contributed by atoms with van der Waals surface area (Å²) in [5.74, 6) is 2.80. The number of nitrogens with two attached hydrogens (primary N) is 1. The molecule has 1 fully saturated rings. The zero-order chi connectivity index (χ0) is 19.8. The Balaban J connectivity index is 1.29. The van der Waals surface area contributed by atoms with Crippen LogP contribution in [0.15, 0.2) is 33.4 Å². The van der Waals surface area contributed by atoms with E-state index in [0.29, 0.717) is 35.9 Å². The van der Waals surface area contributed by atoms with Crippen molar-refractivity contribution in [3.05, 3.63) is 35.9 Å². The highest BCUT2D eigenvalue weighted by Gasteiger charge is 2.25. The van der Waals surface area contributed by atoms with Gasteiger partial charge in [0.25, 0.3) is 5.78 Å². The van der Waals surface area contributed by atoms with E-state index in [1.165, 1.54) is 4.52 Å². The van der Waals surface area contributed by atoms with Crippen LogP contribution in [0.1, 0.15) is 24.3 Å². The fourth-order valence-corrected chi connectivity index (χ4v) is 3.64. The van der Waals surface area contributed by atoms with Crippen LogP contribution in [0.25, 0.3) is 17.4 Å². The summed E-state index contributed by atoms with van der Waals surface area (Å²) in [6, 6.07) is 5.88. The number of aryl methyl sites for hydroxylation is 1. The molecule has 0 aliphatic carbocycles. The third kappa shape index (κ3) is 3.51. The number of hydrogen-bond acceptors (Lipinski definition) is 10. The van der Waals surface area contributed by atoms with Crippen LogP contribution in [0.3, 0.4) is 0 Å². The van der Waals surface area contributed by atoms with Gasteiger partial charge in [-0.05, 0) is 38.4 Å². The van der Waals surface area contributed by atoms with E-state index >= 15 is 0 Å². The first-order valence-electron chi connectivity index (χ1n) is 9.50. The molecule has 0 amide bonds. The van der Waals surface area contributed by atoms with Gasteiger partial charge in [-0.25, -0.2) is 0 Å². The molecule has 0 radical (unpaired) electrons. The van der Waals surface area contributed by atoms with Gasteiger partial charge in [0.2, 0.25) is 17.7 Å². The van der Waals surface area contributed by atoms with Gasteiger partial charge in [-0.1, -0.05) is 5.16 Å². The second kappa shape index (κ2) is 7.17. The van der Waals surface area contributed by atoms with Gasteiger partial charge in [0.1, 0.15) is 5.76 Å². The molecule has 1 aliphatic heterocycles.